The van der Waals surface area contributed by atoms with Gasteiger partial charge in [-0.2, -0.15) is 0 Å². The van der Waals surface area contributed by atoms with Crippen LogP contribution in [0.25, 0.3) is 0 Å². The third kappa shape index (κ3) is 4.07. The number of carbonyl (C=O) groups excluding carboxylic acids is 2. The minimum atomic E-state index is -0.328. The number of anilines is 2. The van der Waals surface area contributed by atoms with E-state index >= 15 is 0 Å². The SMILES string of the molecule is O=C1CN(c2ccc(NC(=O)Cc3ccc(F)cc3)cn2)CCN1. The smallest absolute Gasteiger partial charge is 0.239 e. The summed E-state index contributed by atoms with van der Waals surface area (Å²) in [7, 11) is 0. The summed E-state index contributed by atoms with van der Waals surface area (Å²) in [5.74, 6) is 0.139. The summed E-state index contributed by atoms with van der Waals surface area (Å²) >= 11 is 0. The zero-order valence-corrected chi connectivity index (χ0v) is 13.0. The van der Waals surface area contributed by atoms with E-state index in [2.05, 4.69) is 15.6 Å². The van der Waals surface area contributed by atoms with Crippen LogP contribution in [0, 0.1) is 5.82 Å². The van der Waals surface area contributed by atoms with E-state index in [0.29, 0.717) is 24.6 Å². The molecule has 1 fully saturated rings. The average molecular weight is 328 g/mol. The van der Waals surface area contributed by atoms with E-state index in [0.717, 1.165) is 5.56 Å². The van der Waals surface area contributed by atoms with E-state index < -0.39 is 0 Å². The monoisotopic (exact) mass is 328 g/mol. The maximum absolute atomic E-state index is 12.8. The molecule has 0 spiro atoms. The third-order valence-electron chi connectivity index (χ3n) is 3.67. The Labute approximate surface area is 138 Å². The van der Waals surface area contributed by atoms with Gasteiger partial charge in [-0.15, -0.1) is 0 Å². The van der Waals surface area contributed by atoms with Crippen LogP contribution in [0.15, 0.2) is 42.6 Å². The molecule has 1 aromatic heterocycles. The fourth-order valence-corrected chi connectivity index (χ4v) is 2.47. The molecule has 124 valence electrons. The Morgan fingerprint density at radius 1 is 1.25 bits per heavy atom. The quantitative estimate of drug-likeness (QED) is 0.888. The van der Waals surface area contributed by atoms with Gasteiger partial charge in [0.15, 0.2) is 0 Å². The van der Waals surface area contributed by atoms with Crippen LogP contribution in [0.1, 0.15) is 5.56 Å². The van der Waals surface area contributed by atoms with Gasteiger partial charge in [0.2, 0.25) is 11.8 Å². The Balaban J connectivity index is 1.58. The van der Waals surface area contributed by atoms with Crippen LogP contribution in [0.3, 0.4) is 0 Å². The first kappa shape index (κ1) is 15.9. The summed E-state index contributed by atoms with van der Waals surface area (Å²) in [4.78, 5) is 29.6. The Kier molecular flexibility index (Phi) is 4.69. The number of hydrogen-bond acceptors (Lipinski definition) is 4. The summed E-state index contributed by atoms with van der Waals surface area (Å²) in [6.07, 6.45) is 1.72. The van der Waals surface area contributed by atoms with Crippen molar-refractivity contribution in [3.8, 4) is 0 Å². The summed E-state index contributed by atoms with van der Waals surface area (Å²) < 4.78 is 12.8. The molecule has 2 N–H and O–H groups in total. The predicted molar refractivity (Wildman–Crippen MR) is 88.2 cm³/mol. The molecular formula is C17H17FN4O2. The van der Waals surface area contributed by atoms with Gasteiger partial charge in [-0.1, -0.05) is 12.1 Å². The van der Waals surface area contributed by atoms with Crippen LogP contribution < -0.4 is 15.5 Å². The van der Waals surface area contributed by atoms with Crippen molar-refractivity contribution in [1.29, 1.82) is 0 Å². The Morgan fingerprint density at radius 2 is 2.04 bits per heavy atom. The van der Waals surface area contributed by atoms with Crippen molar-refractivity contribution >= 4 is 23.3 Å². The zero-order chi connectivity index (χ0) is 16.9. The lowest BCUT2D eigenvalue weighted by Gasteiger charge is -2.27. The number of halogens is 1. The molecule has 1 aromatic carbocycles. The molecule has 0 aliphatic carbocycles. The van der Waals surface area contributed by atoms with Crippen molar-refractivity contribution in [2.45, 2.75) is 6.42 Å². The van der Waals surface area contributed by atoms with Gasteiger partial charge in [-0.3, -0.25) is 9.59 Å². The van der Waals surface area contributed by atoms with Crippen molar-refractivity contribution < 1.29 is 14.0 Å². The lowest BCUT2D eigenvalue weighted by atomic mass is 10.1. The van der Waals surface area contributed by atoms with Crippen LogP contribution in [0.4, 0.5) is 15.9 Å². The van der Waals surface area contributed by atoms with Crippen LogP contribution in [0.2, 0.25) is 0 Å². The fourth-order valence-electron chi connectivity index (χ4n) is 2.47. The number of piperazine rings is 1. The van der Waals surface area contributed by atoms with Crippen molar-refractivity contribution in [2.75, 3.05) is 29.9 Å². The minimum absolute atomic E-state index is 0.0280. The number of aromatic nitrogens is 1. The van der Waals surface area contributed by atoms with Gasteiger partial charge in [0.1, 0.15) is 11.6 Å². The summed E-state index contributed by atoms with van der Waals surface area (Å²) in [6.45, 7) is 1.58. The number of rotatable bonds is 4. The predicted octanol–water partition coefficient (Wildman–Crippen LogP) is 1.34. The molecule has 0 unspecified atom stereocenters. The van der Waals surface area contributed by atoms with E-state index in [-0.39, 0.29) is 30.6 Å². The van der Waals surface area contributed by atoms with Gasteiger partial charge >= 0.3 is 0 Å². The number of amides is 2. The van der Waals surface area contributed by atoms with Gasteiger partial charge in [0, 0.05) is 13.1 Å². The van der Waals surface area contributed by atoms with E-state index in [1.807, 2.05) is 4.90 Å². The van der Waals surface area contributed by atoms with Crippen LogP contribution in [-0.2, 0) is 16.0 Å². The number of hydrogen-bond donors (Lipinski definition) is 2. The maximum Gasteiger partial charge on any atom is 0.239 e. The van der Waals surface area contributed by atoms with E-state index in [1.165, 1.54) is 12.1 Å². The van der Waals surface area contributed by atoms with Gasteiger partial charge in [0.25, 0.3) is 0 Å². The molecule has 0 atom stereocenters. The topological polar surface area (TPSA) is 74.3 Å². The van der Waals surface area contributed by atoms with E-state index in [4.69, 9.17) is 0 Å². The number of nitrogens with zero attached hydrogens (tertiary/aromatic N) is 2. The lowest BCUT2D eigenvalue weighted by Crippen LogP contribution is -2.48. The highest BCUT2D eigenvalue weighted by atomic mass is 19.1. The van der Waals surface area contributed by atoms with Crippen molar-refractivity contribution in [3.63, 3.8) is 0 Å². The second kappa shape index (κ2) is 7.08. The highest BCUT2D eigenvalue weighted by Crippen LogP contribution is 2.15. The molecule has 6 nitrogen and oxygen atoms in total. The molecule has 2 aromatic rings. The highest BCUT2D eigenvalue weighted by molar-refractivity contribution is 5.92. The van der Waals surface area contributed by atoms with Gasteiger partial charge in [-0.25, -0.2) is 9.37 Å². The molecule has 2 amide bonds. The molecule has 7 heteroatoms. The average Bonchev–Trinajstić information content (AvgIpc) is 2.58. The Hall–Kier alpha value is -2.96. The third-order valence-corrected chi connectivity index (χ3v) is 3.67. The Bertz CT molecular complexity index is 731. The van der Waals surface area contributed by atoms with Crippen molar-refractivity contribution in [3.05, 3.63) is 54.0 Å². The second-order valence-electron chi connectivity index (χ2n) is 5.53. The molecule has 3 rings (SSSR count). The standard InChI is InChI=1S/C17H17FN4O2/c18-13-3-1-12(2-4-13)9-16(23)21-14-5-6-15(20-10-14)22-8-7-19-17(24)11-22/h1-6,10H,7-9,11H2,(H,19,24)(H,21,23). The Morgan fingerprint density at radius 3 is 2.71 bits per heavy atom. The molecule has 0 bridgehead atoms. The molecule has 1 aliphatic heterocycles. The van der Waals surface area contributed by atoms with E-state index in [9.17, 15) is 14.0 Å². The van der Waals surface area contributed by atoms with Crippen LogP contribution >= 0.6 is 0 Å². The first-order valence-electron chi connectivity index (χ1n) is 7.62. The largest absolute Gasteiger partial charge is 0.353 e. The van der Waals surface area contributed by atoms with Crippen molar-refractivity contribution in [2.24, 2.45) is 0 Å². The summed E-state index contributed by atoms with van der Waals surface area (Å²) in [5, 5.41) is 5.51. The molecular weight excluding hydrogens is 311 g/mol. The second-order valence-corrected chi connectivity index (χ2v) is 5.53. The number of nitrogens with one attached hydrogen (secondary N) is 2. The van der Waals surface area contributed by atoms with Crippen LogP contribution in [-0.4, -0.2) is 36.4 Å². The highest BCUT2D eigenvalue weighted by Gasteiger charge is 2.17. The summed E-state index contributed by atoms with van der Waals surface area (Å²) in [6, 6.07) is 9.33. The van der Waals surface area contributed by atoms with Gasteiger partial charge < -0.3 is 15.5 Å². The molecule has 0 saturated carbocycles. The normalized spacial score (nSPS) is 14.2. The molecule has 0 radical (unpaired) electrons. The first-order valence-corrected chi connectivity index (χ1v) is 7.62. The minimum Gasteiger partial charge on any atom is -0.353 e. The maximum atomic E-state index is 12.8. The molecule has 1 saturated heterocycles. The first-order chi connectivity index (χ1) is 11.6. The summed E-state index contributed by atoms with van der Waals surface area (Å²) in [5.41, 5.74) is 1.31. The van der Waals surface area contributed by atoms with Crippen LogP contribution in [0.5, 0.6) is 0 Å². The molecule has 24 heavy (non-hydrogen) atoms. The lowest BCUT2D eigenvalue weighted by molar-refractivity contribution is -0.120. The number of benzene rings is 1. The number of carbonyl (C=O) groups is 2. The van der Waals surface area contributed by atoms with E-state index in [1.54, 1.807) is 30.5 Å². The zero-order valence-electron chi connectivity index (χ0n) is 13.0. The number of pyridine rings is 1. The van der Waals surface area contributed by atoms with Crippen molar-refractivity contribution in [1.82, 2.24) is 10.3 Å². The molecule has 1 aliphatic rings. The van der Waals surface area contributed by atoms with Gasteiger partial charge in [0.05, 0.1) is 24.8 Å². The molecule has 2 heterocycles. The van der Waals surface area contributed by atoms with Gasteiger partial charge in [-0.05, 0) is 29.8 Å². The fraction of sp³-hybridized carbons (Fsp3) is 0.235.